The van der Waals surface area contributed by atoms with Crippen molar-refractivity contribution in [2.75, 3.05) is 0 Å². The second-order valence-electron chi connectivity index (χ2n) is 5.51. The molecule has 0 saturated heterocycles. The monoisotopic (exact) mass is 270 g/mol. The number of carbonyl (C=O) groups excluding carboxylic acids is 1. The predicted octanol–water partition coefficient (Wildman–Crippen LogP) is 2.66. The van der Waals surface area contributed by atoms with Gasteiger partial charge in [-0.05, 0) is 17.9 Å². The van der Waals surface area contributed by atoms with Gasteiger partial charge in [0.1, 0.15) is 0 Å². The van der Waals surface area contributed by atoms with E-state index in [1.807, 2.05) is 30.3 Å². The van der Waals surface area contributed by atoms with Gasteiger partial charge in [0.15, 0.2) is 0 Å². The van der Waals surface area contributed by atoms with Crippen molar-refractivity contribution in [2.24, 2.45) is 11.1 Å². The van der Waals surface area contributed by atoms with Gasteiger partial charge in [-0.1, -0.05) is 51.1 Å². The molecule has 0 spiro atoms. The van der Waals surface area contributed by atoms with Gasteiger partial charge in [0.25, 0.3) is 0 Å². The minimum absolute atomic E-state index is 0. The van der Waals surface area contributed by atoms with Crippen LogP contribution in [0.25, 0.3) is 0 Å². The van der Waals surface area contributed by atoms with Crippen molar-refractivity contribution >= 4 is 18.3 Å². The van der Waals surface area contributed by atoms with Crippen molar-refractivity contribution in [3.63, 3.8) is 0 Å². The number of hydrogen-bond donors (Lipinski definition) is 2. The first-order valence-electron chi connectivity index (χ1n) is 5.93. The molecule has 1 unspecified atom stereocenters. The molecule has 4 heteroatoms. The van der Waals surface area contributed by atoms with E-state index >= 15 is 0 Å². The number of nitrogens with one attached hydrogen (secondary N) is 1. The van der Waals surface area contributed by atoms with Gasteiger partial charge in [-0.3, -0.25) is 4.79 Å². The fourth-order valence-corrected chi connectivity index (χ4v) is 1.72. The van der Waals surface area contributed by atoms with Crippen LogP contribution in [0.2, 0.25) is 0 Å². The highest BCUT2D eigenvalue weighted by Gasteiger charge is 2.28. The van der Waals surface area contributed by atoms with Gasteiger partial charge in [0.05, 0.1) is 12.1 Å². The Hall–Kier alpha value is -1.06. The van der Waals surface area contributed by atoms with Crippen molar-refractivity contribution in [3.05, 3.63) is 35.9 Å². The summed E-state index contributed by atoms with van der Waals surface area (Å²) < 4.78 is 0. The van der Waals surface area contributed by atoms with Crippen molar-refractivity contribution in [1.82, 2.24) is 5.32 Å². The third-order valence-electron chi connectivity index (χ3n) is 2.70. The van der Waals surface area contributed by atoms with E-state index in [4.69, 9.17) is 5.73 Å². The molecular weight excluding hydrogens is 248 g/mol. The number of hydrogen-bond acceptors (Lipinski definition) is 2. The van der Waals surface area contributed by atoms with Gasteiger partial charge in [-0.25, -0.2) is 0 Å². The van der Waals surface area contributed by atoms with Gasteiger partial charge in [-0.2, -0.15) is 0 Å². The summed E-state index contributed by atoms with van der Waals surface area (Å²) in [6.45, 7) is 8.00. The first kappa shape index (κ1) is 16.9. The second-order valence-corrected chi connectivity index (χ2v) is 5.51. The van der Waals surface area contributed by atoms with Gasteiger partial charge >= 0.3 is 0 Å². The molecule has 3 nitrogen and oxygen atoms in total. The van der Waals surface area contributed by atoms with Crippen molar-refractivity contribution < 1.29 is 4.79 Å². The predicted molar refractivity (Wildman–Crippen MR) is 77.7 cm³/mol. The number of rotatable bonds is 3. The normalized spacial score (nSPS) is 14.3. The van der Waals surface area contributed by atoms with Gasteiger partial charge in [0.2, 0.25) is 5.91 Å². The quantitative estimate of drug-likeness (QED) is 0.887. The highest BCUT2D eigenvalue weighted by Crippen LogP contribution is 2.32. The maximum atomic E-state index is 11.7. The highest BCUT2D eigenvalue weighted by molar-refractivity contribution is 5.85. The largest absolute Gasteiger partial charge is 0.347 e. The lowest BCUT2D eigenvalue weighted by atomic mass is 9.82. The fraction of sp³-hybridized carbons (Fsp3) is 0.500. The van der Waals surface area contributed by atoms with E-state index < -0.39 is 6.04 Å². The van der Waals surface area contributed by atoms with Gasteiger partial charge in [-0.15, -0.1) is 12.4 Å². The first-order valence-corrected chi connectivity index (χ1v) is 5.93. The molecule has 0 aliphatic heterocycles. The summed E-state index contributed by atoms with van der Waals surface area (Å²) in [6, 6.07) is 9.47. The van der Waals surface area contributed by atoms with E-state index in [1.54, 1.807) is 6.92 Å². The molecule has 1 rings (SSSR count). The zero-order valence-corrected chi connectivity index (χ0v) is 12.3. The molecule has 0 aromatic heterocycles. The number of amides is 1. The summed E-state index contributed by atoms with van der Waals surface area (Å²) in [4.78, 5) is 11.7. The van der Waals surface area contributed by atoms with Crippen molar-refractivity contribution in [2.45, 2.75) is 39.8 Å². The maximum absolute atomic E-state index is 11.7. The molecule has 1 amide bonds. The molecule has 0 aliphatic rings. The van der Waals surface area contributed by atoms with Crippen LogP contribution in [0.15, 0.2) is 30.3 Å². The Morgan fingerprint density at radius 1 is 1.22 bits per heavy atom. The lowest BCUT2D eigenvalue weighted by Crippen LogP contribution is -2.44. The Bertz CT molecular complexity index is 371. The van der Waals surface area contributed by atoms with Crippen LogP contribution in [0.5, 0.6) is 0 Å². The van der Waals surface area contributed by atoms with Crippen LogP contribution < -0.4 is 11.1 Å². The smallest absolute Gasteiger partial charge is 0.237 e. The Morgan fingerprint density at radius 3 is 2.11 bits per heavy atom. The number of nitrogens with two attached hydrogens (primary N) is 1. The molecule has 0 radical (unpaired) electrons. The van der Waals surface area contributed by atoms with Crippen LogP contribution in [-0.2, 0) is 4.79 Å². The Labute approximate surface area is 116 Å². The molecule has 0 aliphatic carbocycles. The maximum Gasteiger partial charge on any atom is 0.237 e. The third-order valence-corrected chi connectivity index (χ3v) is 2.70. The molecule has 1 aromatic rings. The molecule has 0 saturated carbocycles. The van der Waals surface area contributed by atoms with Crippen molar-refractivity contribution in [3.8, 4) is 0 Å². The van der Waals surface area contributed by atoms with E-state index in [2.05, 4.69) is 26.1 Å². The molecule has 102 valence electrons. The molecule has 3 N–H and O–H groups in total. The number of halogens is 1. The number of benzene rings is 1. The Balaban J connectivity index is 0.00000289. The number of carbonyl (C=O) groups is 1. The van der Waals surface area contributed by atoms with E-state index in [9.17, 15) is 4.79 Å². The summed E-state index contributed by atoms with van der Waals surface area (Å²) in [7, 11) is 0. The Morgan fingerprint density at radius 2 is 1.72 bits per heavy atom. The molecule has 0 heterocycles. The van der Waals surface area contributed by atoms with Crippen LogP contribution in [0, 0.1) is 5.41 Å². The highest BCUT2D eigenvalue weighted by atomic mass is 35.5. The average molecular weight is 271 g/mol. The molecule has 0 bridgehead atoms. The van der Waals surface area contributed by atoms with E-state index in [-0.39, 0.29) is 29.8 Å². The minimum atomic E-state index is -0.483. The van der Waals surface area contributed by atoms with Crippen molar-refractivity contribution in [1.29, 1.82) is 0 Å². The topological polar surface area (TPSA) is 55.1 Å². The van der Waals surface area contributed by atoms with E-state index in [1.165, 1.54) is 0 Å². The zero-order chi connectivity index (χ0) is 13.1. The van der Waals surface area contributed by atoms with E-state index in [0.717, 1.165) is 5.56 Å². The summed E-state index contributed by atoms with van der Waals surface area (Å²) in [5, 5.41) is 3.01. The lowest BCUT2D eigenvalue weighted by molar-refractivity contribution is -0.123. The molecule has 1 aromatic carbocycles. The summed E-state index contributed by atoms with van der Waals surface area (Å²) >= 11 is 0. The van der Waals surface area contributed by atoms with Crippen LogP contribution in [0.4, 0.5) is 0 Å². The fourth-order valence-electron chi connectivity index (χ4n) is 1.72. The second kappa shape index (κ2) is 6.76. The summed E-state index contributed by atoms with van der Waals surface area (Å²) in [5.74, 6) is -0.117. The van der Waals surface area contributed by atoms with Gasteiger partial charge in [0, 0.05) is 0 Å². The Kier molecular flexibility index (Phi) is 6.36. The van der Waals surface area contributed by atoms with Crippen LogP contribution in [0.1, 0.15) is 39.3 Å². The average Bonchev–Trinajstić information content (AvgIpc) is 2.25. The molecule has 18 heavy (non-hydrogen) atoms. The summed E-state index contributed by atoms with van der Waals surface area (Å²) in [6.07, 6.45) is 0. The minimum Gasteiger partial charge on any atom is -0.347 e. The lowest BCUT2D eigenvalue weighted by Gasteiger charge is -2.32. The van der Waals surface area contributed by atoms with Crippen LogP contribution >= 0.6 is 12.4 Å². The zero-order valence-electron chi connectivity index (χ0n) is 11.4. The molecular formula is C14H23ClN2O. The standard InChI is InChI=1S/C14H22N2O.ClH/c1-10(15)13(17)16-12(14(2,3)4)11-8-6-5-7-9-11;/h5-10,12H,15H2,1-4H3,(H,16,17);1H/t10-,12?;/m0./s1. The van der Waals surface area contributed by atoms with Gasteiger partial charge < -0.3 is 11.1 Å². The van der Waals surface area contributed by atoms with Crippen LogP contribution in [0.3, 0.4) is 0 Å². The van der Waals surface area contributed by atoms with E-state index in [0.29, 0.717) is 0 Å². The summed E-state index contributed by atoms with van der Waals surface area (Å²) in [5.41, 5.74) is 6.65. The third kappa shape index (κ3) is 4.67. The molecule has 0 fully saturated rings. The first-order chi connectivity index (χ1) is 7.82. The molecule has 2 atom stereocenters. The SMILES string of the molecule is C[C@H](N)C(=O)NC(c1ccccc1)C(C)(C)C.Cl. The van der Waals surface area contributed by atoms with Crippen LogP contribution in [-0.4, -0.2) is 11.9 Å².